The Morgan fingerprint density at radius 2 is 1.94 bits per heavy atom. The van der Waals surface area contributed by atoms with E-state index in [1.165, 1.54) is 24.3 Å². The van der Waals surface area contributed by atoms with E-state index < -0.39 is 54.7 Å². The van der Waals surface area contributed by atoms with Gasteiger partial charge in [-0.3, -0.25) is 14.5 Å². The van der Waals surface area contributed by atoms with Crippen LogP contribution in [0.25, 0.3) is 0 Å². The van der Waals surface area contributed by atoms with Crippen molar-refractivity contribution in [2.24, 2.45) is 0 Å². The van der Waals surface area contributed by atoms with E-state index in [-0.39, 0.29) is 29.1 Å². The summed E-state index contributed by atoms with van der Waals surface area (Å²) in [6.07, 6.45) is -1.73. The van der Waals surface area contributed by atoms with Gasteiger partial charge in [0, 0.05) is 35.2 Å². The Balaban J connectivity index is 2.03. The molecule has 7 nitrogen and oxygen atoms in total. The Hall–Kier alpha value is -3.27. The van der Waals surface area contributed by atoms with Crippen molar-refractivity contribution in [1.82, 2.24) is 10.6 Å². The number of nitrogens with one attached hydrogen (secondary N) is 2. The molecule has 1 fully saturated rings. The summed E-state index contributed by atoms with van der Waals surface area (Å²) in [5.74, 6) is -5.13. The minimum atomic E-state index is -2.90. The number of ether oxygens (including phenoxy) is 1. The molecule has 34 heavy (non-hydrogen) atoms. The molecule has 1 saturated carbocycles. The molecule has 182 valence electrons. The highest BCUT2D eigenvalue weighted by Crippen LogP contribution is 2.36. The summed E-state index contributed by atoms with van der Waals surface area (Å²) in [7, 11) is 1.11. The molecule has 2 atom stereocenters. The Kier molecular flexibility index (Phi) is 8.03. The number of anilines is 1. The van der Waals surface area contributed by atoms with Gasteiger partial charge in [-0.25, -0.2) is 18.0 Å². The second-order valence-electron chi connectivity index (χ2n) is 7.82. The molecule has 1 aliphatic carbocycles. The largest absolute Gasteiger partial charge is 0.453 e. The van der Waals surface area contributed by atoms with Crippen molar-refractivity contribution in [2.75, 3.05) is 18.6 Å². The zero-order chi connectivity index (χ0) is 24.9. The van der Waals surface area contributed by atoms with E-state index in [4.69, 9.17) is 11.6 Å². The lowest BCUT2D eigenvalue weighted by Crippen LogP contribution is -2.49. The number of halogens is 4. The average Bonchev–Trinajstić information content (AvgIpc) is 3.13. The van der Waals surface area contributed by atoms with Crippen molar-refractivity contribution in [3.63, 3.8) is 0 Å². The van der Waals surface area contributed by atoms with Crippen molar-refractivity contribution < 1.29 is 32.3 Å². The third kappa shape index (κ3) is 6.19. The second kappa shape index (κ2) is 10.8. The summed E-state index contributed by atoms with van der Waals surface area (Å²) in [4.78, 5) is 39.2. The molecule has 0 unspecified atom stereocenters. The van der Waals surface area contributed by atoms with Crippen LogP contribution in [0, 0.1) is 5.82 Å². The van der Waals surface area contributed by atoms with Gasteiger partial charge >= 0.3 is 6.09 Å². The van der Waals surface area contributed by atoms with Crippen LogP contribution in [-0.4, -0.2) is 43.5 Å². The quantitative estimate of drug-likeness (QED) is 0.600. The number of carbonyl (C=O) groups excluding carboxylic acids is 3. The van der Waals surface area contributed by atoms with Gasteiger partial charge in [0.25, 0.3) is 0 Å². The average molecular weight is 498 g/mol. The number of alkyl carbamates (subject to hydrolysis) is 1. The van der Waals surface area contributed by atoms with Crippen molar-refractivity contribution in [3.05, 3.63) is 64.9 Å². The maximum Gasteiger partial charge on any atom is 0.407 e. The molecule has 3 rings (SSSR count). The SMILES string of the molecule is COC(=O)NCC(=O)N(c1cccc(F)c1)[C@H](C(=O)N[C@@H]1CCC(F)(F)C1)c1ccccc1Cl. The Morgan fingerprint density at radius 3 is 2.56 bits per heavy atom. The molecule has 2 N–H and O–H groups in total. The number of rotatable bonds is 7. The summed E-state index contributed by atoms with van der Waals surface area (Å²) in [6.45, 7) is -0.584. The number of alkyl halides is 2. The summed E-state index contributed by atoms with van der Waals surface area (Å²) in [6, 6.07) is 8.91. The number of hydrogen-bond donors (Lipinski definition) is 2. The fraction of sp³-hybridized carbons (Fsp3) is 0.348. The van der Waals surface area contributed by atoms with Crippen LogP contribution in [-0.2, 0) is 14.3 Å². The maximum absolute atomic E-state index is 14.1. The van der Waals surface area contributed by atoms with Crippen LogP contribution in [0.1, 0.15) is 30.9 Å². The summed E-state index contributed by atoms with van der Waals surface area (Å²) >= 11 is 6.34. The number of benzene rings is 2. The molecule has 0 saturated heterocycles. The monoisotopic (exact) mass is 497 g/mol. The van der Waals surface area contributed by atoms with Crippen molar-refractivity contribution in [3.8, 4) is 0 Å². The topological polar surface area (TPSA) is 87.7 Å². The standard InChI is InChI=1S/C23H23ClF3N3O4/c1-34-22(33)28-13-19(31)30(16-6-4-5-14(25)11-16)20(17-7-2-3-8-18(17)24)21(32)29-15-9-10-23(26,27)12-15/h2-8,11,15,20H,9-10,12-13H2,1H3,(H,28,33)(H,29,32)/t15-,20+/m1/s1. The van der Waals surface area contributed by atoms with E-state index in [2.05, 4.69) is 15.4 Å². The minimum Gasteiger partial charge on any atom is -0.453 e. The number of nitrogens with zero attached hydrogens (tertiary/aromatic N) is 1. The molecule has 0 aromatic heterocycles. The molecule has 3 amide bonds. The van der Waals surface area contributed by atoms with E-state index in [0.717, 1.165) is 24.1 Å². The third-order valence-electron chi connectivity index (χ3n) is 5.38. The predicted octanol–water partition coefficient (Wildman–Crippen LogP) is 4.21. The molecule has 2 aromatic carbocycles. The zero-order valence-corrected chi connectivity index (χ0v) is 18.9. The fourth-order valence-electron chi connectivity index (χ4n) is 3.82. The lowest BCUT2D eigenvalue weighted by molar-refractivity contribution is -0.127. The van der Waals surface area contributed by atoms with Gasteiger partial charge in [-0.2, -0.15) is 0 Å². The predicted molar refractivity (Wildman–Crippen MR) is 119 cm³/mol. The highest BCUT2D eigenvalue weighted by molar-refractivity contribution is 6.31. The van der Waals surface area contributed by atoms with Gasteiger partial charge in [-0.15, -0.1) is 0 Å². The molecule has 0 spiro atoms. The molecule has 0 radical (unpaired) electrons. The van der Waals surface area contributed by atoms with Crippen LogP contribution in [0.3, 0.4) is 0 Å². The van der Waals surface area contributed by atoms with Crippen molar-refractivity contribution >= 4 is 35.2 Å². The Bertz CT molecular complexity index is 1070. The summed E-state index contributed by atoms with van der Waals surface area (Å²) in [5.41, 5.74) is 0.204. The zero-order valence-electron chi connectivity index (χ0n) is 18.2. The second-order valence-corrected chi connectivity index (χ2v) is 8.22. The maximum atomic E-state index is 14.1. The van der Waals surface area contributed by atoms with Crippen LogP contribution in [0.15, 0.2) is 48.5 Å². The third-order valence-corrected chi connectivity index (χ3v) is 5.72. The van der Waals surface area contributed by atoms with Gasteiger partial charge in [0.2, 0.25) is 17.7 Å². The number of carbonyl (C=O) groups is 3. The van der Waals surface area contributed by atoms with E-state index in [0.29, 0.717) is 0 Å². The number of methoxy groups -OCH3 is 1. The Labute approximate surface area is 199 Å². The van der Waals surface area contributed by atoms with E-state index in [1.807, 2.05) is 0 Å². The normalized spacial score (nSPS) is 17.5. The highest BCUT2D eigenvalue weighted by atomic mass is 35.5. The first-order chi connectivity index (χ1) is 16.1. The van der Waals surface area contributed by atoms with Gasteiger partial charge in [-0.05, 0) is 30.7 Å². The lowest BCUT2D eigenvalue weighted by atomic mass is 10.0. The van der Waals surface area contributed by atoms with Gasteiger partial charge in [0.05, 0.1) is 7.11 Å². The first kappa shape index (κ1) is 25.4. The van der Waals surface area contributed by atoms with E-state index in [9.17, 15) is 27.6 Å². The molecule has 11 heteroatoms. The van der Waals surface area contributed by atoms with Crippen molar-refractivity contribution in [2.45, 2.75) is 37.3 Å². The van der Waals surface area contributed by atoms with Crippen LogP contribution >= 0.6 is 11.6 Å². The van der Waals surface area contributed by atoms with Crippen LogP contribution < -0.4 is 15.5 Å². The van der Waals surface area contributed by atoms with Gasteiger partial charge < -0.3 is 15.4 Å². The summed E-state index contributed by atoms with van der Waals surface area (Å²) in [5, 5.41) is 4.94. The van der Waals surface area contributed by atoms with Crippen LogP contribution in [0.4, 0.5) is 23.7 Å². The molecule has 2 aromatic rings. The summed E-state index contributed by atoms with van der Waals surface area (Å²) < 4.78 is 46.0. The van der Waals surface area contributed by atoms with Gasteiger partial charge in [0.1, 0.15) is 18.4 Å². The molecule has 0 bridgehead atoms. The highest BCUT2D eigenvalue weighted by Gasteiger charge is 2.42. The smallest absolute Gasteiger partial charge is 0.407 e. The van der Waals surface area contributed by atoms with E-state index in [1.54, 1.807) is 12.1 Å². The van der Waals surface area contributed by atoms with Crippen LogP contribution in [0.5, 0.6) is 0 Å². The molecule has 0 heterocycles. The molecule has 0 aliphatic heterocycles. The minimum absolute atomic E-state index is 0.00786. The Morgan fingerprint density at radius 1 is 1.21 bits per heavy atom. The lowest BCUT2D eigenvalue weighted by Gasteiger charge is -2.33. The van der Waals surface area contributed by atoms with Gasteiger partial charge in [0.15, 0.2) is 0 Å². The molecular formula is C23H23ClF3N3O4. The fourth-order valence-corrected chi connectivity index (χ4v) is 4.05. The van der Waals surface area contributed by atoms with Gasteiger partial charge in [-0.1, -0.05) is 35.9 Å². The first-order valence-corrected chi connectivity index (χ1v) is 10.8. The molecule has 1 aliphatic rings. The first-order valence-electron chi connectivity index (χ1n) is 10.4. The number of amides is 3. The van der Waals surface area contributed by atoms with E-state index >= 15 is 0 Å². The van der Waals surface area contributed by atoms with Crippen molar-refractivity contribution in [1.29, 1.82) is 0 Å². The number of hydrogen-bond acceptors (Lipinski definition) is 4. The molecular weight excluding hydrogens is 475 g/mol. The van der Waals surface area contributed by atoms with Crippen LogP contribution in [0.2, 0.25) is 5.02 Å².